The number of hydrogen-bond donors (Lipinski definition) is 1. The fourth-order valence-electron chi connectivity index (χ4n) is 3.55. The molecule has 0 bridgehead atoms. The Morgan fingerprint density at radius 3 is 2.69 bits per heavy atom. The average Bonchev–Trinajstić information content (AvgIpc) is 3.04. The molecule has 140 valence electrons. The zero-order valence-electron chi connectivity index (χ0n) is 15.9. The molecule has 6 heteroatoms. The molecule has 1 aromatic carbocycles. The van der Waals surface area contributed by atoms with Crippen molar-refractivity contribution < 1.29 is 9.47 Å². The quantitative estimate of drug-likeness (QED) is 0.625. The van der Waals surface area contributed by atoms with Gasteiger partial charge in [-0.25, -0.2) is 9.97 Å². The summed E-state index contributed by atoms with van der Waals surface area (Å²) in [5.74, 6) is 1.37. The number of nitrogens with zero attached hydrogens (tertiary/aromatic N) is 3. The molecular formula is C20H28N4O2. The zero-order valence-corrected chi connectivity index (χ0v) is 15.9. The van der Waals surface area contributed by atoms with Crippen molar-refractivity contribution in [2.24, 2.45) is 0 Å². The summed E-state index contributed by atoms with van der Waals surface area (Å²) in [5.41, 5.74) is 8.96. The van der Waals surface area contributed by atoms with E-state index in [0.717, 1.165) is 47.0 Å². The van der Waals surface area contributed by atoms with E-state index in [1.807, 2.05) is 25.1 Å². The number of hydrogen-bond acceptors (Lipinski definition) is 5. The summed E-state index contributed by atoms with van der Waals surface area (Å²) in [6.45, 7) is 6.01. The van der Waals surface area contributed by atoms with E-state index in [1.165, 1.54) is 0 Å². The van der Waals surface area contributed by atoms with Gasteiger partial charge in [0.2, 0.25) is 0 Å². The van der Waals surface area contributed by atoms with E-state index in [2.05, 4.69) is 22.5 Å². The van der Waals surface area contributed by atoms with Crippen molar-refractivity contribution in [2.45, 2.75) is 45.8 Å². The van der Waals surface area contributed by atoms with Gasteiger partial charge >= 0.3 is 0 Å². The third kappa shape index (κ3) is 3.52. The van der Waals surface area contributed by atoms with Crippen LogP contribution in [0, 0.1) is 0 Å². The van der Waals surface area contributed by atoms with Crippen LogP contribution in [-0.4, -0.2) is 34.9 Å². The van der Waals surface area contributed by atoms with Crippen LogP contribution in [0.2, 0.25) is 0 Å². The first kappa shape index (κ1) is 18.6. The molecule has 0 aliphatic rings. The molecule has 0 saturated carbocycles. The monoisotopic (exact) mass is 356 g/mol. The van der Waals surface area contributed by atoms with E-state index in [4.69, 9.17) is 20.2 Å². The van der Waals surface area contributed by atoms with Crippen LogP contribution >= 0.6 is 0 Å². The number of anilines is 1. The average molecular weight is 356 g/mol. The number of ether oxygens (including phenoxy) is 2. The Morgan fingerprint density at radius 1 is 1.15 bits per heavy atom. The molecule has 0 aliphatic carbocycles. The first-order valence-electron chi connectivity index (χ1n) is 9.32. The zero-order chi connectivity index (χ0) is 18.5. The van der Waals surface area contributed by atoms with Gasteiger partial charge in [-0.1, -0.05) is 31.5 Å². The third-order valence-corrected chi connectivity index (χ3v) is 4.70. The minimum atomic E-state index is 0.283. The van der Waals surface area contributed by atoms with E-state index < -0.39 is 0 Å². The summed E-state index contributed by atoms with van der Waals surface area (Å²) >= 11 is 0. The van der Waals surface area contributed by atoms with Crippen molar-refractivity contribution in [1.29, 1.82) is 0 Å². The van der Waals surface area contributed by atoms with E-state index in [0.29, 0.717) is 25.6 Å². The molecule has 2 N–H and O–H groups in total. The fraction of sp³-hybridized carbons (Fsp3) is 0.500. The number of imidazole rings is 1. The van der Waals surface area contributed by atoms with Crippen molar-refractivity contribution in [3.05, 3.63) is 30.1 Å². The Hall–Kier alpha value is -2.18. The minimum absolute atomic E-state index is 0.283. The third-order valence-electron chi connectivity index (χ3n) is 4.70. The maximum atomic E-state index is 6.25. The summed E-state index contributed by atoms with van der Waals surface area (Å²) in [6, 6.07) is 8.38. The Balaban J connectivity index is 2.27. The van der Waals surface area contributed by atoms with Crippen molar-refractivity contribution in [3.8, 4) is 0 Å². The second-order valence-electron chi connectivity index (χ2n) is 6.47. The van der Waals surface area contributed by atoms with Gasteiger partial charge in [-0.2, -0.15) is 0 Å². The van der Waals surface area contributed by atoms with Crippen LogP contribution in [0.15, 0.2) is 24.3 Å². The lowest BCUT2D eigenvalue weighted by Gasteiger charge is -2.22. The highest BCUT2D eigenvalue weighted by Crippen LogP contribution is 2.33. The second kappa shape index (κ2) is 8.47. The summed E-state index contributed by atoms with van der Waals surface area (Å²) in [4.78, 5) is 9.36. The van der Waals surface area contributed by atoms with Gasteiger partial charge in [0.25, 0.3) is 0 Å². The highest BCUT2D eigenvalue weighted by atomic mass is 16.5. The topological polar surface area (TPSA) is 75.2 Å². The summed E-state index contributed by atoms with van der Waals surface area (Å²) < 4.78 is 13.4. The molecule has 3 aromatic rings. The number of benzene rings is 1. The maximum Gasteiger partial charge on any atom is 0.152 e. The predicted octanol–water partition coefficient (Wildman–Crippen LogP) is 4.08. The molecule has 0 spiro atoms. The van der Waals surface area contributed by atoms with Gasteiger partial charge < -0.3 is 19.8 Å². The van der Waals surface area contributed by atoms with Crippen molar-refractivity contribution >= 4 is 27.8 Å². The van der Waals surface area contributed by atoms with Gasteiger partial charge in [0.1, 0.15) is 17.9 Å². The van der Waals surface area contributed by atoms with Gasteiger partial charge in [0.15, 0.2) is 5.82 Å². The lowest BCUT2D eigenvalue weighted by atomic mass is 10.1. The van der Waals surface area contributed by atoms with Crippen molar-refractivity contribution in [3.63, 3.8) is 0 Å². The highest BCUT2D eigenvalue weighted by Gasteiger charge is 2.22. The number of nitrogens with two attached hydrogens (primary N) is 1. The number of para-hydroxylation sites is 1. The van der Waals surface area contributed by atoms with E-state index in [9.17, 15) is 0 Å². The van der Waals surface area contributed by atoms with Crippen LogP contribution in [0.4, 0.5) is 5.82 Å². The predicted molar refractivity (Wildman–Crippen MR) is 105 cm³/mol. The molecule has 3 rings (SSSR count). The molecule has 0 radical (unpaired) electrons. The van der Waals surface area contributed by atoms with Gasteiger partial charge in [-0.3, -0.25) is 0 Å². The molecule has 0 aliphatic heterocycles. The molecule has 26 heavy (non-hydrogen) atoms. The number of methoxy groups -OCH3 is 1. The lowest BCUT2D eigenvalue weighted by molar-refractivity contribution is 0.122. The lowest BCUT2D eigenvalue weighted by Crippen LogP contribution is -2.15. The Kier molecular flexibility index (Phi) is 6.06. The number of rotatable bonds is 9. The highest BCUT2D eigenvalue weighted by molar-refractivity contribution is 6.06. The second-order valence-corrected chi connectivity index (χ2v) is 6.47. The standard InChI is InChI=1S/C20H28N4O2/c1-4-8-14(11-12-25-3)24-17(13-26-5-2)23-18-19(24)15-9-6-7-10-16(15)22-20(18)21/h6-7,9-10,14H,4-5,8,11-13H2,1-3H3,(H2,21,22)/t14-/m0/s1. The molecule has 0 amide bonds. The maximum absolute atomic E-state index is 6.25. The van der Waals surface area contributed by atoms with Crippen LogP contribution in [0.1, 0.15) is 45.0 Å². The fourth-order valence-corrected chi connectivity index (χ4v) is 3.55. The molecule has 6 nitrogen and oxygen atoms in total. The van der Waals surface area contributed by atoms with Gasteiger partial charge in [-0.05, 0) is 25.8 Å². The first-order chi connectivity index (χ1) is 12.7. The Bertz CT molecular complexity index is 875. The van der Waals surface area contributed by atoms with Crippen LogP contribution in [0.3, 0.4) is 0 Å². The SMILES string of the molecule is CCC[C@@H](CCOC)n1c(COCC)nc2c(N)nc3ccccc3c21. The Morgan fingerprint density at radius 2 is 1.96 bits per heavy atom. The molecule has 0 fully saturated rings. The van der Waals surface area contributed by atoms with Crippen LogP contribution < -0.4 is 5.73 Å². The largest absolute Gasteiger partial charge is 0.385 e. The molecule has 2 heterocycles. The smallest absolute Gasteiger partial charge is 0.152 e. The summed E-state index contributed by atoms with van der Waals surface area (Å²) in [6.07, 6.45) is 3.05. The van der Waals surface area contributed by atoms with Crippen LogP contribution in [0.25, 0.3) is 21.9 Å². The first-order valence-corrected chi connectivity index (χ1v) is 9.32. The summed E-state index contributed by atoms with van der Waals surface area (Å²) in [7, 11) is 1.74. The molecule has 0 unspecified atom stereocenters. The van der Waals surface area contributed by atoms with Crippen molar-refractivity contribution in [2.75, 3.05) is 26.1 Å². The molecule has 0 saturated heterocycles. The molecule has 1 atom stereocenters. The van der Waals surface area contributed by atoms with Gasteiger partial charge in [0.05, 0.1) is 11.0 Å². The number of aromatic nitrogens is 3. The summed E-state index contributed by atoms with van der Waals surface area (Å²) in [5, 5.41) is 1.07. The van der Waals surface area contributed by atoms with Crippen molar-refractivity contribution in [1.82, 2.24) is 14.5 Å². The van der Waals surface area contributed by atoms with Gasteiger partial charge in [0, 0.05) is 31.8 Å². The van der Waals surface area contributed by atoms with Crippen LogP contribution in [0.5, 0.6) is 0 Å². The number of nitrogen functional groups attached to an aromatic ring is 1. The van der Waals surface area contributed by atoms with E-state index in [1.54, 1.807) is 7.11 Å². The Labute approximate surface area is 154 Å². The van der Waals surface area contributed by atoms with Gasteiger partial charge in [-0.15, -0.1) is 0 Å². The minimum Gasteiger partial charge on any atom is -0.385 e. The van der Waals surface area contributed by atoms with E-state index >= 15 is 0 Å². The molecular weight excluding hydrogens is 328 g/mol. The van der Waals surface area contributed by atoms with E-state index in [-0.39, 0.29) is 6.04 Å². The normalized spacial score (nSPS) is 12.9. The van der Waals surface area contributed by atoms with Crippen LogP contribution in [-0.2, 0) is 16.1 Å². The number of pyridine rings is 1. The number of fused-ring (bicyclic) bond motifs is 3. The molecule has 2 aromatic heterocycles.